The van der Waals surface area contributed by atoms with Gasteiger partial charge in [0, 0.05) is 24.2 Å². The first-order valence-electron chi connectivity index (χ1n) is 6.40. The molecule has 0 aliphatic heterocycles. The number of ether oxygens (including phenoxy) is 1. The Labute approximate surface area is 108 Å². The standard InChI is InChI=1S/C15H20N2O/c1-11(2)17-10-12(3)18-15-8-4-7-14-13(15)6-5-9-16-14/h4-9,11-12,17H,10H2,1-3H3. The Kier molecular flexibility index (Phi) is 4.15. The highest BCUT2D eigenvalue weighted by molar-refractivity contribution is 5.84. The van der Waals surface area contributed by atoms with Gasteiger partial charge in [0.05, 0.1) is 5.52 Å². The Bertz CT molecular complexity index is 505. The lowest BCUT2D eigenvalue weighted by Crippen LogP contribution is -2.33. The van der Waals surface area contributed by atoms with Crippen molar-refractivity contribution in [3.8, 4) is 5.75 Å². The molecule has 1 N–H and O–H groups in total. The molecule has 1 aromatic heterocycles. The van der Waals surface area contributed by atoms with Crippen LogP contribution in [0.5, 0.6) is 5.75 Å². The van der Waals surface area contributed by atoms with E-state index in [1.54, 1.807) is 6.20 Å². The molecule has 1 aromatic carbocycles. The highest BCUT2D eigenvalue weighted by Crippen LogP contribution is 2.24. The maximum absolute atomic E-state index is 5.98. The minimum atomic E-state index is 0.137. The number of benzene rings is 1. The lowest BCUT2D eigenvalue weighted by molar-refractivity contribution is 0.216. The van der Waals surface area contributed by atoms with Gasteiger partial charge in [-0.15, -0.1) is 0 Å². The van der Waals surface area contributed by atoms with Crippen LogP contribution in [-0.4, -0.2) is 23.7 Å². The third-order valence-electron chi connectivity index (χ3n) is 2.75. The lowest BCUT2D eigenvalue weighted by atomic mass is 10.2. The SMILES string of the molecule is CC(C)NCC(C)Oc1cccc2ncccc12. The minimum Gasteiger partial charge on any atom is -0.489 e. The van der Waals surface area contributed by atoms with Gasteiger partial charge in [0.2, 0.25) is 0 Å². The van der Waals surface area contributed by atoms with Crippen LogP contribution >= 0.6 is 0 Å². The fourth-order valence-corrected chi connectivity index (χ4v) is 1.84. The number of hydrogen-bond donors (Lipinski definition) is 1. The lowest BCUT2D eigenvalue weighted by Gasteiger charge is -2.18. The first kappa shape index (κ1) is 12.8. The predicted octanol–water partition coefficient (Wildman–Crippen LogP) is 3.00. The van der Waals surface area contributed by atoms with Crippen LogP contribution in [0, 0.1) is 0 Å². The van der Waals surface area contributed by atoms with Crippen LogP contribution in [0.2, 0.25) is 0 Å². The van der Waals surface area contributed by atoms with Crippen molar-refractivity contribution in [1.29, 1.82) is 0 Å². The van der Waals surface area contributed by atoms with Crippen molar-refractivity contribution in [1.82, 2.24) is 10.3 Å². The van der Waals surface area contributed by atoms with Crippen molar-refractivity contribution in [2.45, 2.75) is 32.9 Å². The highest BCUT2D eigenvalue weighted by atomic mass is 16.5. The zero-order valence-corrected chi connectivity index (χ0v) is 11.2. The Morgan fingerprint density at radius 1 is 1.17 bits per heavy atom. The predicted molar refractivity (Wildman–Crippen MR) is 75.0 cm³/mol. The number of pyridine rings is 1. The van der Waals surface area contributed by atoms with Crippen molar-refractivity contribution in [2.24, 2.45) is 0 Å². The van der Waals surface area contributed by atoms with E-state index in [1.807, 2.05) is 30.3 Å². The summed E-state index contributed by atoms with van der Waals surface area (Å²) in [6, 6.07) is 10.4. The molecule has 0 aliphatic carbocycles. The van der Waals surface area contributed by atoms with E-state index in [1.165, 1.54) is 0 Å². The van der Waals surface area contributed by atoms with Gasteiger partial charge in [-0.05, 0) is 31.2 Å². The smallest absolute Gasteiger partial charge is 0.129 e. The molecule has 0 bridgehead atoms. The van der Waals surface area contributed by atoms with Crippen molar-refractivity contribution < 1.29 is 4.74 Å². The van der Waals surface area contributed by atoms with Crippen LogP contribution in [0.3, 0.4) is 0 Å². The molecule has 3 heteroatoms. The van der Waals surface area contributed by atoms with E-state index in [4.69, 9.17) is 4.74 Å². The van der Waals surface area contributed by atoms with E-state index in [-0.39, 0.29) is 6.10 Å². The van der Waals surface area contributed by atoms with Gasteiger partial charge < -0.3 is 10.1 Å². The van der Waals surface area contributed by atoms with E-state index in [9.17, 15) is 0 Å². The quantitative estimate of drug-likeness (QED) is 0.878. The van der Waals surface area contributed by atoms with E-state index < -0.39 is 0 Å². The Morgan fingerprint density at radius 3 is 2.78 bits per heavy atom. The Balaban J connectivity index is 2.11. The van der Waals surface area contributed by atoms with Crippen molar-refractivity contribution in [3.63, 3.8) is 0 Å². The molecule has 3 nitrogen and oxygen atoms in total. The summed E-state index contributed by atoms with van der Waals surface area (Å²) >= 11 is 0. The van der Waals surface area contributed by atoms with Crippen LogP contribution in [0.15, 0.2) is 36.5 Å². The van der Waals surface area contributed by atoms with Gasteiger partial charge in [0.25, 0.3) is 0 Å². The van der Waals surface area contributed by atoms with E-state index in [0.717, 1.165) is 23.2 Å². The number of fused-ring (bicyclic) bond motifs is 1. The second-order valence-corrected chi connectivity index (χ2v) is 4.82. The summed E-state index contributed by atoms with van der Waals surface area (Å²) in [4.78, 5) is 4.33. The summed E-state index contributed by atoms with van der Waals surface area (Å²) in [6.07, 6.45) is 1.94. The number of rotatable bonds is 5. The topological polar surface area (TPSA) is 34.1 Å². The van der Waals surface area contributed by atoms with Gasteiger partial charge in [-0.3, -0.25) is 4.98 Å². The Morgan fingerprint density at radius 2 is 2.00 bits per heavy atom. The molecule has 1 atom stereocenters. The molecule has 1 unspecified atom stereocenters. The van der Waals surface area contributed by atoms with Gasteiger partial charge in [-0.2, -0.15) is 0 Å². The monoisotopic (exact) mass is 244 g/mol. The molecular formula is C15H20N2O. The summed E-state index contributed by atoms with van der Waals surface area (Å²) < 4.78 is 5.98. The summed E-state index contributed by atoms with van der Waals surface area (Å²) in [6.45, 7) is 7.18. The molecule has 2 rings (SSSR count). The second-order valence-electron chi connectivity index (χ2n) is 4.82. The highest BCUT2D eigenvalue weighted by Gasteiger charge is 2.07. The van der Waals surface area contributed by atoms with Gasteiger partial charge in [0.15, 0.2) is 0 Å². The van der Waals surface area contributed by atoms with Crippen LogP contribution in [0.1, 0.15) is 20.8 Å². The molecular weight excluding hydrogens is 224 g/mol. The number of nitrogens with zero attached hydrogens (tertiary/aromatic N) is 1. The molecule has 0 aliphatic rings. The van der Waals surface area contributed by atoms with Crippen molar-refractivity contribution in [3.05, 3.63) is 36.5 Å². The normalized spacial score (nSPS) is 12.9. The first-order valence-corrected chi connectivity index (χ1v) is 6.40. The van der Waals surface area contributed by atoms with Gasteiger partial charge >= 0.3 is 0 Å². The van der Waals surface area contributed by atoms with Crippen LogP contribution < -0.4 is 10.1 Å². The second kappa shape index (κ2) is 5.83. The average Bonchev–Trinajstić information content (AvgIpc) is 2.37. The summed E-state index contributed by atoms with van der Waals surface area (Å²) in [5.74, 6) is 0.902. The Hall–Kier alpha value is -1.61. The zero-order chi connectivity index (χ0) is 13.0. The van der Waals surface area contributed by atoms with Gasteiger partial charge in [-0.25, -0.2) is 0 Å². The molecule has 18 heavy (non-hydrogen) atoms. The molecule has 0 saturated carbocycles. The maximum atomic E-state index is 5.98. The molecule has 96 valence electrons. The molecule has 0 saturated heterocycles. The van der Waals surface area contributed by atoms with Crippen molar-refractivity contribution >= 4 is 10.9 Å². The van der Waals surface area contributed by atoms with Crippen LogP contribution in [0.4, 0.5) is 0 Å². The van der Waals surface area contributed by atoms with Gasteiger partial charge in [0.1, 0.15) is 11.9 Å². The van der Waals surface area contributed by atoms with Gasteiger partial charge in [-0.1, -0.05) is 19.9 Å². The van der Waals surface area contributed by atoms with Crippen molar-refractivity contribution in [2.75, 3.05) is 6.54 Å². The van der Waals surface area contributed by atoms with Crippen LogP contribution in [-0.2, 0) is 0 Å². The third-order valence-corrected chi connectivity index (χ3v) is 2.75. The number of nitrogens with one attached hydrogen (secondary N) is 1. The number of aromatic nitrogens is 1. The molecule has 0 radical (unpaired) electrons. The molecule has 0 spiro atoms. The number of hydrogen-bond acceptors (Lipinski definition) is 3. The third kappa shape index (κ3) is 3.20. The van der Waals surface area contributed by atoms with Crippen LogP contribution in [0.25, 0.3) is 10.9 Å². The van der Waals surface area contributed by atoms with E-state index in [0.29, 0.717) is 6.04 Å². The largest absolute Gasteiger partial charge is 0.489 e. The minimum absolute atomic E-state index is 0.137. The molecule has 2 aromatic rings. The zero-order valence-electron chi connectivity index (χ0n) is 11.2. The first-order chi connectivity index (χ1) is 8.66. The molecule has 0 amide bonds. The average molecular weight is 244 g/mol. The molecule has 0 fully saturated rings. The summed E-state index contributed by atoms with van der Waals surface area (Å²) in [7, 11) is 0. The molecule has 1 heterocycles. The van der Waals surface area contributed by atoms with E-state index in [2.05, 4.69) is 31.1 Å². The maximum Gasteiger partial charge on any atom is 0.129 e. The summed E-state index contributed by atoms with van der Waals surface area (Å²) in [5.41, 5.74) is 0.971. The summed E-state index contributed by atoms with van der Waals surface area (Å²) in [5, 5.41) is 4.44. The fraction of sp³-hybridized carbons (Fsp3) is 0.400. The van der Waals surface area contributed by atoms with E-state index >= 15 is 0 Å². The fourth-order valence-electron chi connectivity index (χ4n) is 1.84.